The van der Waals surface area contributed by atoms with Crippen molar-refractivity contribution in [3.05, 3.63) is 59.7 Å². The average Bonchev–Trinajstić information content (AvgIpc) is 3.25. The van der Waals surface area contributed by atoms with Crippen LogP contribution >= 0.6 is 0 Å². The van der Waals surface area contributed by atoms with E-state index in [-0.39, 0.29) is 30.8 Å². The number of hydrogen-bond acceptors (Lipinski definition) is 3. The standard InChI is InChI=1S/C21H22N2O3/c24-14-16-13-23(19-9-4-2-7-17(16)19)21(26)12-15-6-1-3-8-18(15)22-11-5-10-20(22)25/h1-4,6-9,16,24H,5,10-14H2. The summed E-state index contributed by atoms with van der Waals surface area (Å²) in [6.45, 7) is 1.24. The van der Waals surface area contributed by atoms with Crippen LogP contribution in [0.1, 0.15) is 29.9 Å². The van der Waals surface area contributed by atoms with E-state index in [1.54, 1.807) is 9.80 Å². The van der Waals surface area contributed by atoms with Crippen LogP contribution in [0, 0.1) is 0 Å². The molecule has 2 heterocycles. The lowest BCUT2D eigenvalue weighted by molar-refractivity contribution is -0.118. The predicted molar refractivity (Wildman–Crippen MR) is 100 cm³/mol. The molecule has 1 unspecified atom stereocenters. The quantitative estimate of drug-likeness (QED) is 0.921. The van der Waals surface area contributed by atoms with Crippen LogP contribution in [-0.2, 0) is 16.0 Å². The van der Waals surface area contributed by atoms with Crippen molar-refractivity contribution in [2.24, 2.45) is 0 Å². The SMILES string of the molecule is O=C1CCCN1c1ccccc1CC(=O)N1CC(CO)c2ccccc21. The molecule has 2 aromatic carbocycles. The molecule has 4 rings (SSSR count). The van der Waals surface area contributed by atoms with Crippen LogP contribution in [0.5, 0.6) is 0 Å². The van der Waals surface area contributed by atoms with E-state index in [9.17, 15) is 14.7 Å². The van der Waals surface area contributed by atoms with Crippen LogP contribution < -0.4 is 9.80 Å². The number of carbonyl (C=O) groups excluding carboxylic acids is 2. The molecule has 1 fully saturated rings. The maximum Gasteiger partial charge on any atom is 0.231 e. The summed E-state index contributed by atoms with van der Waals surface area (Å²) >= 11 is 0. The van der Waals surface area contributed by atoms with E-state index in [2.05, 4.69) is 0 Å². The molecule has 5 heteroatoms. The minimum Gasteiger partial charge on any atom is -0.396 e. The smallest absolute Gasteiger partial charge is 0.231 e. The van der Waals surface area contributed by atoms with Gasteiger partial charge in [-0.25, -0.2) is 0 Å². The first-order valence-corrected chi connectivity index (χ1v) is 9.07. The number of para-hydroxylation sites is 2. The molecule has 0 aliphatic carbocycles. The van der Waals surface area contributed by atoms with Crippen molar-refractivity contribution in [3.8, 4) is 0 Å². The molecule has 0 spiro atoms. The molecule has 0 aromatic heterocycles. The van der Waals surface area contributed by atoms with Crippen molar-refractivity contribution in [1.29, 1.82) is 0 Å². The lowest BCUT2D eigenvalue weighted by Gasteiger charge is -2.22. The number of aliphatic hydroxyl groups is 1. The number of anilines is 2. The largest absolute Gasteiger partial charge is 0.396 e. The van der Waals surface area contributed by atoms with Gasteiger partial charge in [0.2, 0.25) is 11.8 Å². The van der Waals surface area contributed by atoms with Crippen molar-refractivity contribution >= 4 is 23.2 Å². The van der Waals surface area contributed by atoms with Gasteiger partial charge >= 0.3 is 0 Å². The third kappa shape index (κ3) is 2.88. The highest BCUT2D eigenvalue weighted by Crippen LogP contribution is 2.36. The van der Waals surface area contributed by atoms with Gasteiger partial charge in [-0.2, -0.15) is 0 Å². The minimum atomic E-state index is -0.0365. The van der Waals surface area contributed by atoms with Crippen molar-refractivity contribution < 1.29 is 14.7 Å². The van der Waals surface area contributed by atoms with Crippen LogP contribution in [0.3, 0.4) is 0 Å². The third-order valence-electron chi connectivity index (χ3n) is 5.29. The molecule has 0 bridgehead atoms. The van der Waals surface area contributed by atoms with Crippen molar-refractivity contribution in [2.75, 3.05) is 29.5 Å². The van der Waals surface area contributed by atoms with Gasteiger partial charge in [-0.05, 0) is 29.7 Å². The Labute approximate surface area is 152 Å². The van der Waals surface area contributed by atoms with Crippen LogP contribution in [0.4, 0.5) is 11.4 Å². The molecule has 2 amide bonds. The molecule has 0 radical (unpaired) electrons. The Hall–Kier alpha value is -2.66. The van der Waals surface area contributed by atoms with Gasteiger partial charge in [-0.15, -0.1) is 0 Å². The molecular formula is C21H22N2O3. The fourth-order valence-corrected chi connectivity index (χ4v) is 3.97. The Morgan fingerprint density at radius 2 is 1.81 bits per heavy atom. The Morgan fingerprint density at radius 3 is 2.54 bits per heavy atom. The molecule has 1 atom stereocenters. The second kappa shape index (κ2) is 6.92. The summed E-state index contributed by atoms with van der Waals surface area (Å²) < 4.78 is 0. The van der Waals surface area contributed by atoms with E-state index in [0.29, 0.717) is 19.5 Å². The Morgan fingerprint density at radius 1 is 1.08 bits per heavy atom. The zero-order chi connectivity index (χ0) is 18.1. The normalized spacial score (nSPS) is 19.1. The summed E-state index contributed by atoms with van der Waals surface area (Å²) in [5.74, 6) is 0.0785. The number of benzene rings is 2. The van der Waals surface area contributed by atoms with E-state index >= 15 is 0 Å². The summed E-state index contributed by atoms with van der Waals surface area (Å²) in [4.78, 5) is 28.7. The molecular weight excluding hydrogens is 328 g/mol. The highest BCUT2D eigenvalue weighted by atomic mass is 16.3. The van der Waals surface area contributed by atoms with E-state index in [4.69, 9.17) is 0 Å². The van der Waals surface area contributed by atoms with Gasteiger partial charge in [0.25, 0.3) is 0 Å². The second-order valence-corrected chi connectivity index (χ2v) is 6.90. The summed E-state index contributed by atoms with van der Waals surface area (Å²) in [6, 6.07) is 15.4. The highest BCUT2D eigenvalue weighted by molar-refractivity contribution is 6.00. The Kier molecular flexibility index (Phi) is 4.47. The van der Waals surface area contributed by atoms with Gasteiger partial charge < -0.3 is 14.9 Å². The first-order valence-electron chi connectivity index (χ1n) is 9.07. The molecule has 1 N–H and O–H groups in total. The van der Waals surface area contributed by atoms with Crippen LogP contribution in [-0.4, -0.2) is 36.6 Å². The predicted octanol–water partition coefficient (Wildman–Crippen LogP) is 2.48. The molecule has 134 valence electrons. The van der Waals surface area contributed by atoms with Gasteiger partial charge in [-0.3, -0.25) is 9.59 Å². The topological polar surface area (TPSA) is 60.9 Å². The number of amides is 2. The van der Waals surface area contributed by atoms with E-state index in [1.165, 1.54) is 0 Å². The number of fused-ring (bicyclic) bond motifs is 1. The molecule has 2 aliphatic heterocycles. The molecule has 2 aliphatic rings. The fourth-order valence-electron chi connectivity index (χ4n) is 3.97. The van der Waals surface area contributed by atoms with Gasteiger partial charge in [-0.1, -0.05) is 36.4 Å². The Balaban J connectivity index is 1.59. The van der Waals surface area contributed by atoms with Crippen molar-refractivity contribution in [1.82, 2.24) is 0 Å². The third-order valence-corrected chi connectivity index (χ3v) is 5.29. The first kappa shape index (κ1) is 16.8. The number of aliphatic hydroxyl groups excluding tert-OH is 1. The van der Waals surface area contributed by atoms with Gasteiger partial charge in [0.1, 0.15) is 0 Å². The maximum atomic E-state index is 13.0. The lowest BCUT2D eigenvalue weighted by atomic mass is 10.0. The molecule has 1 saturated heterocycles. The maximum absolute atomic E-state index is 13.0. The number of hydrogen-bond donors (Lipinski definition) is 1. The average molecular weight is 350 g/mol. The zero-order valence-electron chi connectivity index (χ0n) is 14.6. The fraction of sp³-hybridized carbons (Fsp3) is 0.333. The Bertz CT molecular complexity index is 849. The molecule has 0 saturated carbocycles. The number of nitrogens with zero attached hydrogens (tertiary/aromatic N) is 2. The highest BCUT2D eigenvalue weighted by Gasteiger charge is 2.32. The second-order valence-electron chi connectivity index (χ2n) is 6.90. The summed E-state index contributed by atoms with van der Waals surface area (Å²) in [5, 5.41) is 9.64. The van der Waals surface area contributed by atoms with Gasteiger partial charge in [0.05, 0.1) is 13.0 Å². The van der Waals surface area contributed by atoms with Gasteiger partial charge in [0, 0.05) is 36.8 Å². The van der Waals surface area contributed by atoms with Crippen molar-refractivity contribution in [3.63, 3.8) is 0 Å². The first-order chi connectivity index (χ1) is 12.7. The van der Waals surface area contributed by atoms with E-state index in [1.807, 2.05) is 48.5 Å². The van der Waals surface area contributed by atoms with Crippen LogP contribution in [0.15, 0.2) is 48.5 Å². The molecule has 26 heavy (non-hydrogen) atoms. The summed E-state index contributed by atoms with van der Waals surface area (Å²) in [7, 11) is 0. The van der Waals surface area contributed by atoms with Gasteiger partial charge in [0.15, 0.2) is 0 Å². The van der Waals surface area contributed by atoms with E-state index in [0.717, 1.165) is 28.9 Å². The zero-order valence-corrected chi connectivity index (χ0v) is 14.6. The summed E-state index contributed by atoms with van der Waals surface area (Å²) in [5.41, 5.74) is 3.62. The number of rotatable bonds is 4. The lowest BCUT2D eigenvalue weighted by Crippen LogP contribution is -2.32. The van der Waals surface area contributed by atoms with Crippen molar-refractivity contribution in [2.45, 2.75) is 25.2 Å². The monoisotopic (exact) mass is 350 g/mol. The summed E-state index contributed by atoms with van der Waals surface area (Å²) in [6.07, 6.45) is 1.67. The molecule has 5 nitrogen and oxygen atoms in total. The van der Waals surface area contributed by atoms with E-state index < -0.39 is 0 Å². The minimum absolute atomic E-state index is 0.00695. The van der Waals surface area contributed by atoms with Crippen LogP contribution in [0.2, 0.25) is 0 Å². The number of carbonyl (C=O) groups is 2. The molecule has 2 aromatic rings. The van der Waals surface area contributed by atoms with Crippen LogP contribution in [0.25, 0.3) is 0 Å².